The number of rotatable bonds is 3. The first-order valence-electron chi connectivity index (χ1n) is 3.24. The van der Waals surface area contributed by atoms with Crippen LogP contribution in [0, 0.1) is 0 Å². The molecule has 0 fully saturated rings. The van der Waals surface area contributed by atoms with E-state index in [1.165, 1.54) is 0 Å². The molecule has 0 unspecified atom stereocenters. The van der Waals surface area contributed by atoms with Crippen LogP contribution in [0.3, 0.4) is 0 Å². The van der Waals surface area contributed by atoms with Gasteiger partial charge in [-0.2, -0.15) is 0 Å². The predicted octanol–water partition coefficient (Wildman–Crippen LogP) is -0.455. The molecule has 0 amide bonds. The summed E-state index contributed by atoms with van der Waals surface area (Å²) < 4.78 is 9.93. The normalized spacial score (nSPS) is 10.3. The molecule has 0 aromatic rings. The Balaban J connectivity index is 0. The Morgan fingerprint density at radius 3 is 1.55 bits per heavy atom. The van der Waals surface area contributed by atoms with Crippen molar-refractivity contribution >= 4 is 7.60 Å². The lowest BCUT2D eigenvalue weighted by atomic mass is 10.6. The molecule has 0 saturated carbocycles. The number of aliphatic hydroxyl groups is 2. The molecule has 0 saturated heterocycles. The van der Waals surface area contributed by atoms with Gasteiger partial charge in [0, 0.05) is 6.16 Å². The first-order valence-corrected chi connectivity index (χ1v) is 5.04. The number of hydrogen-bond acceptors (Lipinski definition) is 3. The Kier molecular flexibility index (Phi) is 10.1. The maximum atomic E-state index is 9.93. The van der Waals surface area contributed by atoms with Gasteiger partial charge >= 0.3 is 7.60 Å². The maximum absolute atomic E-state index is 9.93. The molecule has 11 heavy (non-hydrogen) atoms. The summed E-state index contributed by atoms with van der Waals surface area (Å²) in [4.78, 5) is 16.3. The van der Waals surface area contributed by atoms with Crippen molar-refractivity contribution in [3.63, 3.8) is 0 Å². The molecule has 0 aromatic carbocycles. The Bertz CT molecular complexity index is 107. The molecular weight excluding hydrogens is 171 g/mol. The summed E-state index contributed by atoms with van der Waals surface area (Å²) in [6.07, 6.45) is 0.553. The van der Waals surface area contributed by atoms with Gasteiger partial charge in [-0.3, -0.25) is 4.57 Å². The van der Waals surface area contributed by atoms with Crippen molar-refractivity contribution in [3.8, 4) is 0 Å². The van der Waals surface area contributed by atoms with E-state index in [1.54, 1.807) is 6.92 Å². The topological polar surface area (TPSA) is 98.0 Å². The van der Waals surface area contributed by atoms with Crippen LogP contribution in [0.25, 0.3) is 0 Å². The van der Waals surface area contributed by atoms with Crippen LogP contribution in [-0.4, -0.2) is 39.4 Å². The lowest BCUT2D eigenvalue weighted by Gasteiger charge is -1.96. The van der Waals surface area contributed by atoms with Gasteiger partial charge in [0.25, 0.3) is 0 Å². The minimum atomic E-state index is -3.67. The number of aliphatic hydroxyl groups excluding tert-OH is 2. The summed E-state index contributed by atoms with van der Waals surface area (Å²) >= 11 is 0. The van der Waals surface area contributed by atoms with Crippen molar-refractivity contribution in [1.82, 2.24) is 0 Å². The van der Waals surface area contributed by atoms with E-state index in [1.807, 2.05) is 0 Å². The predicted molar refractivity (Wildman–Crippen MR) is 41.4 cm³/mol. The summed E-state index contributed by atoms with van der Waals surface area (Å²) in [5.74, 6) is 0. The molecular formula is C5H15O5P. The van der Waals surface area contributed by atoms with E-state index in [0.717, 1.165) is 0 Å². The van der Waals surface area contributed by atoms with Crippen LogP contribution in [0.1, 0.15) is 13.3 Å². The third kappa shape index (κ3) is 25.5. The molecule has 6 heteroatoms. The van der Waals surface area contributed by atoms with Crippen molar-refractivity contribution in [2.45, 2.75) is 13.3 Å². The van der Waals surface area contributed by atoms with Crippen molar-refractivity contribution in [1.29, 1.82) is 0 Å². The van der Waals surface area contributed by atoms with Crippen LogP contribution in [0.4, 0.5) is 0 Å². The highest BCUT2D eigenvalue weighted by atomic mass is 31.2. The molecule has 0 radical (unpaired) electrons. The van der Waals surface area contributed by atoms with E-state index in [9.17, 15) is 4.57 Å². The fraction of sp³-hybridized carbons (Fsp3) is 1.00. The smallest absolute Gasteiger partial charge is 0.325 e. The van der Waals surface area contributed by atoms with E-state index < -0.39 is 7.60 Å². The lowest BCUT2D eigenvalue weighted by molar-refractivity contribution is 0.186. The first kappa shape index (κ1) is 13.6. The summed E-state index contributed by atoms with van der Waals surface area (Å²) in [5.41, 5.74) is 0. The second kappa shape index (κ2) is 8.17. The Morgan fingerprint density at radius 2 is 1.55 bits per heavy atom. The van der Waals surface area contributed by atoms with Gasteiger partial charge in [-0.1, -0.05) is 6.92 Å². The highest BCUT2D eigenvalue weighted by Gasteiger charge is 2.08. The SMILES string of the molecule is CCCP(=O)(O)O.OCCO. The minimum Gasteiger partial charge on any atom is -0.394 e. The highest BCUT2D eigenvalue weighted by molar-refractivity contribution is 7.51. The molecule has 0 rings (SSSR count). The van der Waals surface area contributed by atoms with Gasteiger partial charge in [-0.15, -0.1) is 0 Å². The molecule has 5 nitrogen and oxygen atoms in total. The van der Waals surface area contributed by atoms with Gasteiger partial charge in [-0.05, 0) is 6.42 Å². The van der Waals surface area contributed by atoms with Crippen LogP contribution >= 0.6 is 7.60 Å². The zero-order valence-electron chi connectivity index (χ0n) is 6.47. The molecule has 0 aliphatic heterocycles. The summed E-state index contributed by atoms with van der Waals surface area (Å²) in [6.45, 7) is 1.49. The standard InChI is InChI=1S/C3H9O3P.C2H6O2/c1-2-3-7(4,5)6;3-1-2-4/h2-3H2,1H3,(H2,4,5,6);3-4H,1-2H2. The fourth-order valence-electron chi connectivity index (χ4n) is 0.291. The third-order valence-corrected chi connectivity index (χ3v) is 1.64. The zero-order valence-corrected chi connectivity index (χ0v) is 7.37. The molecule has 0 atom stereocenters. The van der Waals surface area contributed by atoms with Crippen LogP contribution in [0.2, 0.25) is 0 Å². The van der Waals surface area contributed by atoms with E-state index in [0.29, 0.717) is 6.42 Å². The van der Waals surface area contributed by atoms with Crippen LogP contribution in [-0.2, 0) is 4.57 Å². The Hall–Kier alpha value is 0.0700. The average Bonchev–Trinajstić information content (AvgIpc) is 1.86. The quantitative estimate of drug-likeness (QED) is 0.447. The number of hydrogen-bond donors (Lipinski definition) is 4. The molecule has 0 aliphatic carbocycles. The van der Waals surface area contributed by atoms with Crippen molar-refractivity contribution in [2.24, 2.45) is 0 Å². The van der Waals surface area contributed by atoms with Crippen molar-refractivity contribution < 1.29 is 24.6 Å². The summed E-state index contributed by atoms with van der Waals surface area (Å²) in [6, 6.07) is 0. The maximum Gasteiger partial charge on any atom is 0.325 e. The van der Waals surface area contributed by atoms with Gasteiger partial charge in [0.1, 0.15) is 0 Å². The van der Waals surface area contributed by atoms with E-state index in [2.05, 4.69) is 0 Å². The second-order valence-electron chi connectivity index (χ2n) is 1.84. The monoisotopic (exact) mass is 186 g/mol. The highest BCUT2D eigenvalue weighted by Crippen LogP contribution is 2.34. The third-order valence-electron chi connectivity index (χ3n) is 0.615. The molecule has 4 N–H and O–H groups in total. The fourth-order valence-corrected chi connectivity index (χ4v) is 0.874. The van der Waals surface area contributed by atoms with Gasteiger partial charge in [-0.25, -0.2) is 0 Å². The van der Waals surface area contributed by atoms with E-state index in [-0.39, 0.29) is 19.4 Å². The summed E-state index contributed by atoms with van der Waals surface area (Å²) in [7, 11) is -3.67. The van der Waals surface area contributed by atoms with Crippen molar-refractivity contribution in [2.75, 3.05) is 19.4 Å². The van der Waals surface area contributed by atoms with Crippen LogP contribution in [0.15, 0.2) is 0 Å². The van der Waals surface area contributed by atoms with E-state index in [4.69, 9.17) is 20.0 Å². The summed E-state index contributed by atoms with van der Waals surface area (Å²) in [5, 5.41) is 15.2. The molecule has 0 spiro atoms. The zero-order chi connectivity index (χ0) is 9.33. The van der Waals surface area contributed by atoms with E-state index >= 15 is 0 Å². The van der Waals surface area contributed by atoms with Gasteiger partial charge in [0.15, 0.2) is 0 Å². The van der Waals surface area contributed by atoms with Gasteiger partial charge in [0.05, 0.1) is 13.2 Å². The molecule has 70 valence electrons. The van der Waals surface area contributed by atoms with Crippen molar-refractivity contribution in [3.05, 3.63) is 0 Å². The molecule has 0 aliphatic rings. The average molecular weight is 186 g/mol. The Labute approximate surface area is 65.8 Å². The Morgan fingerprint density at radius 1 is 1.18 bits per heavy atom. The second-order valence-corrected chi connectivity index (χ2v) is 3.61. The molecule has 0 aromatic heterocycles. The first-order chi connectivity index (χ1) is 4.97. The molecule has 0 heterocycles. The lowest BCUT2D eigenvalue weighted by Crippen LogP contribution is -1.85. The van der Waals surface area contributed by atoms with Crippen LogP contribution < -0.4 is 0 Å². The van der Waals surface area contributed by atoms with Gasteiger partial charge < -0.3 is 20.0 Å². The van der Waals surface area contributed by atoms with Gasteiger partial charge in [0.2, 0.25) is 0 Å². The largest absolute Gasteiger partial charge is 0.394 e. The van der Waals surface area contributed by atoms with Crippen LogP contribution in [0.5, 0.6) is 0 Å². The molecule has 0 bridgehead atoms. The minimum absolute atomic E-state index is 0.00694.